The normalized spacial score (nSPS) is 10.2. The quantitative estimate of drug-likeness (QED) is 0.505. The summed E-state index contributed by atoms with van der Waals surface area (Å²) in [7, 11) is 1.58. The second-order valence-corrected chi connectivity index (χ2v) is 6.18. The van der Waals surface area contributed by atoms with E-state index in [1.165, 1.54) is 0 Å². The van der Waals surface area contributed by atoms with Gasteiger partial charge in [-0.3, -0.25) is 4.79 Å². The molecule has 0 aliphatic rings. The molecule has 0 N–H and O–H groups in total. The first kappa shape index (κ1) is 13.8. The minimum atomic E-state index is -0.0103. The van der Waals surface area contributed by atoms with E-state index in [1.807, 2.05) is 42.5 Å². The van der Waals surface area contributed by atoms with E-state index in [2.05, 4.69) is 45.2 Å². The fourth-order valence-corrected chi connectivity index (χ4v) is 2.68. The molecule has 0 heterocycles. The molecule has 18 heavy (non-hydrogen) atoms. The van der Waals surface area contributed by atoms with Gasteiger partial charge >= 0.3 is 0 Å². The molecular formula is C14H10I2O2. The molecule has 0 atom stereocenters. The predicted octanol–water partition coefficient (Wildman–Crippen LogP) is 4.14. The zero-order valence-electron chi connectivity index (χ0n) is 9.61. The lowest BCUT2D eigenvalue weighted by Crippen LogP contribution is -2.04. The van der Waals surface area contributed by atoms with Gasteiger partial charge in [0.1, 0.15) is 5.75 Å². The number of methoxy groups -OCH3 is 1. The summed E-state index contributed by atoms with van der Waals surface area (Å²) in [5, 5.41) is 0. The van der Waals surface area contributed by atoms with Crippen LogP contribution in [0.4, 0.5) is 0 Å². The molecule has 0 spiro atoms. The maximum atomic E-state index is 12.4. The molecule has 2 nitrogen and oxygen atoms in total. The molecule has 0 aliphatic heterocycles. The van der Waals surface area contributed by atoms with Crippen molar-refractivity contribution >= 4 is 51.0 Å². The molecular weight excluding hydrogens is 454 g/mol. The van der Waals surface area contributed by atoms with Gasteiger partial charge in [-0.1, -0.05) is 12.1 Å². The van der Waals surface area contributed by atoms with Crippen molar-refractivity contribution in [3.05, 3.63) is 60.7 Å². The number of hydrogen-bond donors (Lipinski definition) is 0. The maximum absolute atomic E-state index is 12.4. The van der Waals surface area contributed by atoms with E-state index in [9.17, 15) is 4.79 Å². The molecule has 0 fully saturated rings. The van der Waals surface area contributed by atoms with Crippen molar-refractivity contribution < 1.29 is 9.53 Å². The van der Waals surface area contributed by atoms with Gasteiger partial charge in [0.25, 0.3) is 0 Å². The summed E-state index contributed by atoms with van der Waals surface area (Å²) in [5.74, 6) is 0.600. The van der Waals surface area contributed by atoms with Crippen molar-refractivity contribution in [3.8, 4) is 5.75 Å². The molecule has 4 heteroatoms. The molecule has 92 valence electrons. The van der Waals surface area contributed by atoms with Gasteiger partial charge in [0.05, 0.1) is 12.7 Å². The summed E-state index contributed by atoms with van der Waals surface area (Å²) in [5.41, 5.74) is 1.29. The number of ketones is 1. The highest BCUT2D eigenvalue weighted by molar-refractivity contribution is 14.1. The Morgan fingerprint density at radius 3 is 2.44 bits per heavy atom. The average molecular weight is 464 g/mol. The van der Waals surface area contributed by atoms with Crippen LogP contribution in [0.1, 0.15) is 15.9 Å². The molecule has 0 aliphatic carbocycles. The lowest BCUT2D eigenvalue weighted by atomic mass is 10.0. The van der Waals surface area contributed by atoms with Crippen molar-refractivity contribution in [3.63, 3.8) is 0 Å². The first-order chi connectivity index (χ1) is 8.61. The van der Waals surface area contributed by atoms with Crippen molar-refractivity contribution in [2.75, 3.05) is 7.11 Å². The van der Waals surface area contributed by atoms with E-state index < -0.39 is 0 Å². The largest absolute Gasteiger partial charge is 0.496 e. The van der Waals surface area contributed by atoms with Crippen LogP contribution in [-0.2, 0) is 0 Å². The van der Waals surface area contributed by atoms with E-state index in [-0.39, 0.29) is 5.78 Å². The predicted molar refractivity (Wildman–Crippen MR) is 88.3 cm³/mol. The monoisotopic (exact) mass is 464 g/mol. The third-order valence-electron chi connectivity index (χ3n) is 2.49. The Balaban J connectivity index is 2.48. The summed E-state index contributed by atoms with van der Waals surface area (Å²) >= 11 is 4.39. The molecule has 0 saturated heterocycles. The molecule has 2 aromatic carbocycles. The number of carbonyl (C=O) groups is 1. The molecule has 0 radical (unpaired) electrons. The van der Waals surface area contributed by atoms with Crippen LogP contribution in [-0.4, -0.2) is 12.9 Å². The molecule has 2 aromatic rings. The minimum Gasteiger partial charge on any atom is -0.496 e. The molecule has 0 unspecified atom stereocenters. The van der Waals surface area contributed by atoms with Gasteiger partial charge in [-0.05, 0) is 75.5 Å². The molecule has 0 amide bonds. The number of ether oxygens (including phenoxy) is 1. The Morgan fingerprint density at radius 1 is 1.06 bits per heavy atom. The molecule has 0 bridgehead atoms. The van der Waals surface area contributed by atoms with Gasteiger partial charge in [0.15, 0.2) is 5.78 Å². The van der Waals surface area contributed by atoms with Crippen molar-refractivity contribution in [1.82, 2.24) is 0 Å². The molecule has 0 aromatic heterocycles. The van der Waals surface area contributed by atoms with Crippen molar-refractivity contribution in [1.29, 1.82) is 0 Å². The first-order valence-corrected chi connectivity index (χ1v) is 7.41. The number of halogens is 2. The number of rotatable bonds is 3. The zero-order valence-corrected chi connectivity index (χ0v) is 13.9. The van der Waals surface area contributed by atoms with Crippen LogP contribution >= 0.6 is 45.2 Å². The van der Waals surface area contributed by atoms with Gasteiger partial charge in [-0.2, -0.15) is 0 Å². The average Bonchev–Trinajstić information content (AvgIpc) is 2.38. The highest BCUT2D eigenvalue weighted by Gasteiger charge is 2.15. The van der Waals surface area contributed by atoms with Crippen LogP contribution in [0.25, 0.3) is 0 Å². The Kier molecular flexibility index (Phi) is 4.60. The van der Waals surface area contributed by atoms with Crippen LogP contribution in [0, 0.1) is 7.14 Å². The van der Waals surface area contributed by atoms with Gasteiger partial charge in [0, 0.05) is 12.7 Å². The van der Waals surface area contributed by atoms with Crippen LogP contribution < -0.4 is 4.74 Å². The SMILES string of the molecule is COc1ccc(I)cc1C(=O)c1cccc(I)c1. The lowest BCUT2D eigenvalue weighted by Gasteiger charge is -2.08. The Bertz CT molecular complexity index is 594. The first-order valence-electron chi connectivity index (χ1n) is 5.25. The summed E-state index contributed by atoms with van der Waals surface area (Å²) in [6.45, 7) is 0. The van der Waals surface area contributed by atoms with E-state index in [4.69, 9.17) is 4.74 Å². The molecule has 2 rings (SSSR count). The van der Waals surface area contributed by atoms with E-state index in [0.717, 1.165) is 7.14 Å². The van der Waals surface area contributed by atoms with E-state index >= 15 is 0 Å². The van der Waals surface area contributed by atoms with Crippen LogP contribution in [0.2, 0.25) is 0 Å². The second-order valence-electron chi connectivity index (χ2n) is 3.68. The van der Waals surface area contributed by atoms with Gasteiger partial charge in [-0.15, -0.1) is 0 Å². The van der Waals surface area contributed by atoms with Crippen LogP contribution in [0.3, 0.4) is 0 Å². The highest BCUT2D eigenvalue weighted by atomic mass is 127. The maximum Gasteiger partial charge on any atom is 0.196 e. The standard InChI is InChI=1S/C14H10I2O2/c1-18-13-6-5-11(16)8-12(13)14(17)9-3-2-4-10(15)7-9/h2-8H,1H3. The molecule has 0 saturated carbocycles. The second kappa shape index (κ2) is 6.01. The van der Waals surface area contributed by atoms with Crippen molar-refractivity contribution in [2.45, 2.75) is 0 Å². The van der Waals surface area contributed by atoms with Crippen LogP contribution in [0.15, 0.2) is 42.5 Å². The summed E-state index contributed by atoms with van der Waals surface area (Å²) in [6, 6.07) is 13.1. The minimum absolute atomic E-state index is 0.0103. The topological polar surface area (TPSA) is 26.3 Å². The van der Waals surface area contributed by atoms with Crippen LogP contribution in [0.5, 0.6) is 5.75 Å². The summed E-state index contributed by atoms with van der Waals surface area (Å²) < 4.78 is 7.31. The van der Waals surface area contributed by atoms with Gasteiger partial charge in [-0.25, -0.2) is 0 Å². The third-order valence-corrected chi connectivity index (χ3v) is 3.83. The number of carbonyl (C=O) groups excluding carboxylic acids is 1. The lowest BCUT2D eigenvalue weighted by molar-refractivity contribution is 0.103. The van der Waals surface area contributed by atoms with E-state index in [1.54, 1.807) is 7.11 Å². The zero-order chi connectivity index (χ0) is 13.1. The number of benzene rings is 2. The number of hydrogen-bond acceptors (Lipinski definition) is 2. The fourth-order valence-electron chi connectivity index (χ4n) is 1.64. The third kappa shape index (κ3) is 3.03. The highest BCUT2D eigenvalue weighted by Crippen LogP contribution is 2.24. The van der Waals surface area contributed by atoms with E-state index in [0.29, 0.717) is 16.9 Å². The Morgan fingerprint density at radius 2 is 1.78 bits per heavy atom. The summed E-state index contributed by atoms with van der Waals surface area (Å²) in [4.78, 5) is 12.4. The Labute approximate surface area is 133 Å². The van der Waals surface area contributed by atoms with Gasteiger partial charge < -0.3 is 4.74 Å². The Hall–Kier alpha value is -0.630. The fraction of sp³-hybridized carbons (Fsp3) is 0.0714. The van der Waals surface area contributed by atoms with Crippen molar-refractivity contribution in [2.24, 2.45) is 0 Å². The smallest absolute Gasteiger partial charge is 0.196 e. The van der Waals surface area contributed by atoms with Gasteiger partial charge in [0.2, 0.25) is 0 Å². The summed E-state index contributed by atoms with van der Waals surface area (Å²) in [6.07, 6.45) is 0.